The van der Waals surface area contributed by atoms with Crippen LogP contribution in [0.3, 0.4) is 0 Å². The highest BCUT2D eigenvalue weighted by Crippen LogP contribution is 2.25. The summed E-state index contributed by atoms with van der Waals surface area (Å²) in [5.41, 5.74) is 4.11. The van der Waals surface area contributed by atoms with Crippen molar-refractivity contribution in [1.82, 2.24) is 15.5 Å². The van der Waals surface area contributed by atoms with Crippen LogP contribution < -0.4 is 14.8 Å². The molecule has 0 aliphatic rings. The molecule has 134 valence electrons. The number of carbonyl (C=O) groups excluding carboxylic acids is 1. The molecule has 0 fully saturated rings. The summed E-state index contributed by atoms with van der Waals surface area (Å²) in [6.45, 7) is 2.35. The van der Waals surface area contributed by atoms with E-state index in [0.717, 1.165) is 16.7 Å². The fourth-order valence-corrected chi connectivity index (χ4v) is 2.75. The van der Waals surface area contributed by atoms with Gasteiger partial charge < -0.3 is 14.8 Å². The molecule has 0 aliphatic carbocycles. The third kappa shape index (κ3) is 3.69. The number of nitrogens with zero attached hydrogens (tertiary/aromatic N) is 1. The number of benzene rings is 2. The lowest BCUT2D eigenvalue weighted by atomic mass is 10.1. The van der Waals surface area contributed by atoms with Crippen LogP contribution in [0.15, 0.2) is 48.7 Å². The second-order valence-electron chi connectivity index (χ2n) is 5.89. The number of hydrogen-bond donors (Lipinski definition) is 2. The van der Waals surface area contributed by atoms with Crippen molar-refractivity contribution in [1.29, 1.82) is 0 Å². The van der Waals surface area contributed by atoms with Crippen molar-refractivity contribution in [3.63, 3.8) is 0 Å². The van der Waals surface area contributed by atoms with Crippen molar-refractivity contribution in [2.45, 2.75) is 13.5 Å². The molecule has 3 aromatic rings. The lowest BCUT2D eigenvalue weighted by molar-refractivity contribution is 0.0951. The molecule has 0 atom stereocenters. The molecule has 0 bridgehead atoms. The summed E-state index contributed by atoms with van der Waals surface area (Å²) in [7, 11) is 3.19. The van der Waals surface area contributed by atoms with Crippen LogP contribution in [-0.4, -0.2) is 30.3 Å². The van der Waals surface area contributed by atoms with Crippen LogP contribution in [0.4, 0.5) is 0 Å². The van der Waals surface area contributed by atoms with Gasteiger partial charge in [-0.05, 0) is 25.1 Å². The third-order valence-electron chi connectivity index (χ3n) is 4.12. The molecule has 26 heavy (non-hydrogen) atoms. The molecule has 0 saturated carbocycles. The van der Waals surface area contributed by atoms with Gasteiger partial charge in [0.05, 0.1) is 31.7 Å². The topological polar surface area (TPSA) is 76.2 Å². The first-order valence-electron chi connectivity index (χ1n) is 8.22. The van der Waals surface area contributed by atoms with E-state index >= 15 is 0 Å². The van der Waals surface area contributed by atoms with Crippen LogP contribution in [0.2, 0.25) is 0 Å². The molecular formula is C20H21N3O3. The molecule has 0 unspecified atom stereocenters. The van der Waals surface area contributed by atoms with Gasteiger partial charge in [0.2, 0.25) is 0 Å². The van der Waals surface area contributed by atoms with Crippen LogP contribution in [0.5, 0.6) is 11.5 Å². The van der Waals surface area contributed by atoms with Gasteiger partial charge >= 0.3 is 0 Å². The molecule has 6 heteroatoms. The van der Waals surface area contributed by atoms with Crippen LogP contribution in [0.25, 0.3) is 11.3 Å². The van der Waals surface area contributed by atoms with E-state index in [2.05, 4.69) is 15.5 Å². The van der Waals surface area contributed by atoms with E-state index in [0.29, 0.717) is 29.3 Å². The van der Waals surface area contributed by atoms with Crippen molar-refractivity contribution < 1.29 is 14.3 Å². The van der Waals surface area contributed by atoms with Crippen LogP contribution in [-0.2, 0) is 6.54 Å². The predicted octanol–water partition coefficient (Wildman–Crippen LogP) is 3.33. The minimum absolute atomic E-state index is 0.201. The molecule has 0 radical (unpaired) electrons. The largest absolute Gasteiger partial charge is 0.497 e. The van der Waals surface area contributed by atoms with Crippen molar-refractivity contribution in [2.24, 2.45) is 0 Å². The summed E-state index contributed by atoms with van der Waals surface area (Å²) in [6.07, 6.45) is 1.54. The van der Waals surface area contributed by atoms with Gasteiger partial charge in [-0.15, -0.1) is 0 Å². The first-order valence-corrected chi connectivity index (χ1v) is 8.22. The minimum atomic E-state index is -0.201. The van der Waals surface area contributed by atoms with Crippen molar-refractivity contribution in [3.05, 3.63) is 65.4 Å². The third-order valence-corrected chi connectivity index (χ3v) is 4.12. The summed E-state index contributed by atoms with van der Waals surface area (Å²) in [6, 6.07) is 13.4. The van der Waals surface area contributed by atoms with Crippen LogP contribution in [0, 0.1) is 6.92 Å². The Balaban J connectivity index is 1.77. The molecule has 2 aromatic carbocycles. The van der Waals surface area contributed by atoms with Gasteiger partial charge in [0.25, 0.3) is 5.91 Å². The van der Waals surface area contributed by atoms with E-state index in [1.807, 2.05) is 43.3 Å². The molecule has 6 nitrogen and oxygen atoms in total. The minimum Gasteiger partial charge on any atom is -0.497 e. The number of aryl methyl sites for hydroxylation is 1. The van der Waals surface area contributed by atoms with Crippen molar-refractivity contribution in [3.8, 4) is 22.8 Å². The number of nitrogens with one attached hydrogen (secondary N) is 2. The van der Waals surface area contributed by atoms with Gasteiger partial charge in [-0.25, -0.2) is 0 Å². The maximum Gasteiger partial charge on any atom is 0.255 e. The van der Waals surface area contributed by atoms with Gasteiger partial charge in [0, 0.05) is 23.7 Å². The Morgan fingerprint density at radius 2 is 2.00 bits per heavy atom. The molecule has 0 aliphatic heterocycles. The maximum absolute atomic E-state index is 12.6. The summed E-state index contributed by atoms with van der Waals surface area (Å²) in [5, 5.41) is 9.87. The van der Waals surface area contributed by atoms with Crippen LogP contribution in [0.1, 0.15) is 21.5 Å². The Bertz CT molecular complexity index is 918. The number of amides is 1. The Labute approximate surface area is 152 Å². The first kappa shape index (κ1) is 17.5. The number of carbonyl (C=O) groups is 1. The summed E-state index contributed by atoms with van der Waals surface area (Å²) >= 11 is 0. The monoisotopic (exact) mass is 351 g/mol. The smallest absolute Gasteiger partial charge is 0.255 e. The zero-order chi connectivity index (χ0) is 18.5. The van der Waals surface area contributed by atoms with Gasteiger partial charge in [-0.1, -0.05) is 23.8 Å². The number of H-pyrrole nitrogens is 1. The quantitative estimate of drug-likeness (QED) is 0.714. The van der Waals surface area contributed by atoms with E-state index in [9.17, 15) is 4.79 Å². The molecule has 1 amide bonds. The molecule has 0 saturated heterocycles. The predicted molar refractivity (Wildman–Crippen MR) is 99.5 cm³/mol. The Kier molecular flexibility index (Phi) is 5.22. The molecule has 3 rings (SSSR count). The van der Waals surface area contributed by atoms with Crippen molar-refractivity contribution >= 4 is 5.91 Å². The number of hydrogen-bond acceptors (Lipinski definition) is 4. The number of rotatable bonds is 6. The second kappa shape index (κ2) is 7.74. The highest BCUT2D eigenvalue weighted by Gasteiger charge is 2.16. The molecular weight excluding hydrogens is 330 g/mol. The molecule has 2 N–H and O–H groups in total. The van der Waals surface area contributed by atoms with Gasteiger partial charge in [0.1, 0.15) is 11.5 Å². The lowest BCUT2D eigenvalue weighted by Gasteiger charge is -2.11. The van der Waals surface area contributed by atoms with Gasteiger partial charge in [-0.2, -0.15) is 5.10 Å². The van der Waals surface area contributed by atoms with Crippen LogP contribution >= 0.6 is 0 Å². The number of aromatic nitrogens is 2. The number of ether oxygens (including phenoxy) is 2. The van der Waals surface area contributed by atoms with E-state index < -0.39 is 0 Å². The Hall–Kier alpha value is -3.28. The zero-order valence-corrected chi connectivity index (χ0v) is 15.0. The lowest BCUT2D eigenvalue weighted by Crippen LogP contribution is -2.23. The normalized spacial score (nSPS) is 10.4. The van der Waals surface area contributed by atoms with Gasteiger partial charge in [0.15, 0.2) is 0 Å². The SMILES string of the molecule is COc1ccc(CNC(=O)c2cn[nH]c2-c2cccc(C)c2)c(OC)c1. The standard InChI is InChI=1S/C20H21N3O3/c1-13-5-4-6-14(9-13)19-17(12-22-23-19)20(24)21-11-15-7-8-16(25-2)10-18(15)26-3/h4-10,12H,11H2,1-3H3,(H,21,24)(H,22,23). The molecule has 1 aromatic heterocycles. The summed E-state index contributed by atoms with van der Waals surface area (Å²) < 4.78 is 10.6. The van der Waals surface area contributed by atoms with E-state index in [4.69, 9.17) is 9.47 Å². The van der Waals surface area contributed by atoms with Crippen molar-refractivity contribution in [2.75, 3.05) is 14.2 Å². The molecule has 0 spiro atoms. The Morgan fingerprint density at radius 3 is 2.73 bits per heavy atom. The highest BCUT2D eigenvalue weighted by atomic mass is 16.5. The second-order valence-corrected chi connectivity index (χ2v) is 5.89. The average Bonchev–Trinajstić information content (AvgIpc) is 3.16. The number of aromatic amines is 1. The average molecular weight is 351 g/mol. The maximum atomic E-state index is 12.6. The first-order chi connectivity index (χ1) is 12.6. The van der Waals surface area contributed by atoms with E-state index in [1.165, 1.54) is 6.20 Å². The summed E-state index contributed by atoms with van der Waals surface area (Å²) in [4.78, 5) is 12.6. The zero-order valence-electron chi connectivity index (χ0n) is 15.0. The Morgan fingerprint density at radius 1 is 1.15 bits per heavy atom. The van der Waals surface area contributed by atoms with E-state index in [-0.39, 0.29) is 5.91 Å². The fourth-order valence-electron chi connectivity index (χ4n) is 2.75. The number of methoxy groups -OCH3 is 2. The highest BCUT2D eigenvalue weighted by molar-refractivity contribution is 5.99. The fraction of sp³-hybridized carbons (Fsp3) is 0.200. The van der Waals surface area contributed by atoms with Gasteiger partial charge in [-0.3, -0.25) is 9.89 Å². The van der Waals surface area contributed by atoms with E-state index in [1.54, 1.807) is 20.3 Å². The summed E-state index contributed by atoms with van der Waals surface area (Å²) in [5.74, 6) is 1.16. The molecule has 1 heterocycles.